The summed E-state index contributed by atoms with van der Waals surface area (Å²) >= 11 is 0. The molecule has 1 saturated carbocycles. The van der Waals surface area contributed by atoms with Crippen molar-refractivity contribution < 1.29 is 0 Å². The standard InChI is InChI=1S/C17H34N2/c1-2-18-13-7-3-4-8-14-19-15-11-17(12-16-19)9-5-6-10-17/h18H,2-16H2,1H3. The monoisotopic (exact) mass is 266 g/mol. The number of piperidine rings is 1. The average molecular weight is 266 g/mol. The molecule has 0 aromatic heterocycles. The van der Waals surface area contributed by atoms with Crippen LogP contribution in [0.5, 0.6) is 0 Å². The van der Waals surface area contributed by atoms with Gasteiger partial charge in [0.05, 0.1) is 0 Å². The molecule has 0 bridgehead atoms. The first-order valence-electron chi connectivity index (χ1n) is 8.78. The Kier molecular flexibility index (Phi) is 6.66. The molecule has 2 fully saturated rings. The van der Waals surface area contributed by atoms with E-state index in [0.717, 1.165) is 12.0 Å². The summed E-state index contributed by atoms with van der Waals surface area (Å²) in [7, 11) is 0. The van der Waals surface area contributed by atoms with Gasteiger partial charge in [-0.15, -0.1) is 0 Å². The second-order valence-corrected chi connectivity index (χ2v) is 6.82. The maximum absolute atomic E-state index is 3.41. The van der Waals surface area contributed by atoms with Crippen molar-refractivity contribution in [3.05, 3.63) is 0 Å². The molecule has 0 atom stereocenters. The van der Waals surface area contributed by atoms with Gasteiger partial charge in [0.25, 0.3) is 0 Å². The Balaban J connectivity index is 1.47. The molecule has 1 aliphatic heterocycles. The summed E-state index contributed by atoms with van der Waals surface area (Å²) < 4.78 is 0. The minimum absolute atomic E-state index is 0.794. The predicted octanol–water partition coefficient (Wildman–Crippen LogP) is 3.81. The van der Waals surface area contributed by atoms with Crippen molar-refractivity contribution in [3.63, 3.8) is 0 Å². The fourth-order valence-corrected chi connectivity index (χ4v) is 3.99. The topological polar surface area (TPSA) is 15.3 Å². The smallest absolute Gasteiger partial charge is 0.00134 e. The third kappa shape index (κ3) is 5.07. The first-order chi connectivity index (χ1) is 9.35. The van der Waals surface area contributed by atoms with Crippen LogP contribution in [0.4, 0.5) is 0 Å². The second-order valence-electron chi connectivity index (χ2n) is 6.82. The van der Waals surface area contributed by atoms with Gasteiger partial charge in [0.15, 0.2) is 0 Å². The van der Waals surface area contributed by atoms with Crippen LogP contribution in [0.2, 0.25) is 0 Å². The van der Waals surface area contributed by atoms with E-state index in [1.807, 2.05) is 0 Å². The molecule has 112 valence electrons. The Morgan fingerprint density at radius 1 is 0.895 bits per heavy atom. The molecule has 0 amide bonds. The van der Waals surface area contributed by atoms with E-state index in [2.05, 4.69) is 17.1 Å². The molecule has 1 aliphatic carbocycles. The van der Waals surface area contributed by atoms with Crippen molar-refractivity contribution in [2.45, 2.75) is 71.1 Å². The SMILES string of the molecule is CCNCCCCCCN1CCC2(CCCC2)CC1. The second kappa shape index (κ2) is 8.26. The van der Waals surface area contributed by atoms with E-state index in [1.165, 1.54) is 90.4 Å². The first-order valence-corrected chi connectivity index (χ1v) is 8.78. The highest BCUT2D eigenvalue weighted by molar-refractivity contribution is 4.89. The van der Waals surface area contributed by atoms with E-state index in [0.29, 0.717) is 0 Å². The number of nitrogens with one attached hydrogen (secondary N) is 1. The van der Waals surface area contributed by atoms with E-state index in [1.54, 1.807) is 0 Å². The summed E-state index contributed by atoms with van der Waals surface area (Å²) in [5.74, 6) is 0. The maximum Gasteiger partial charge on any atom is -0.00134 e. The van der Waals surface area contributed by atoms with Gasteiger partial charge in [0, 0.05) is 0 Å². The molecule has 2 rings (SSSR count). The molecule has 0 aromatic rings. The Labute approximate surface area is 120 Å². The molecule has 1 heterocycles. The third-order valence-electron chi connectivity index (χ3n) is 5.41. The number of nitrogens with zero attached hydrogens (tertiary/aromatic N) is 1. The molecular weight excluding hydrogens is 232 g/mol. The van der Waals surface area contributed by atoms with E-state index >= 15 is 0 Å². The van der Waals surface area contributed by atoms with Crippen LogP contribution in [0.15, 0.2) is 0 Å². The predicted molar refractivity (Wildman–Crippen MR) is 83.6 cm³/mol. The zero-order valence-electron chi connectivity index (χ0n) is 13.1. The Morgan fingerprint density at radius 3 is 2.26 bits per heavy atom. The number of likely N-dealkylation sites (tertiary alicyclic amines) is 1. The highest BCUT2D eigenvalue weighted by atomic mass is 15.1. The van der Waals surface area contributed by atoms with Crippen molar-refractivity contribution in [1.29, 1.82) is 0 Å². The first kappa shape index (κ1) is 15.3. The van der Waals surface area contributed by atoms with Crippen LogP contribution in [0, 0.1) is 5.41 Å². The maximum atomic E-state index is 3.41. The zero-order valence-corrected chi connectivity index (χ0v) is 13.1. The van der Waals surface area contributed by atoms with Gasteiger partial charge in [-0.3, -0.25) is 0 Å². The minimum atomic E-state index is 0.794. The van der Waals surface area contributed by atoms with Crippen LogP contribution in [0.3, 0.4) is 0 Å². The van der Waals surface area contributed by atoms with Crippen molar-refractivity contribution in [2.75, 3.05) is 32.7 Å². The normalized spacial score (nSPS) is 23.2. The van der Waals surface area contributed by atoms with Crippen LogP contribution in [0.1, 0.15) is 71.1 Å². The summed E-state index contributed by atoms with van der Waals surface area (Å²) in [4.78, 5) is 2.73. The van der Waals surface area contributed by atoms with Gasteiger partial charge in [0.1, 0.15) is 0 Å². The van der Waals surface area contributed by atoms with Gasteiger partial charge in [0.2, 0.25) is 0 Å². The molecule has 19 heavy (non-hydrogen) atoms. The molecule has 1 N–H and O–H groups in total. The zero-order chi connectivity index (χ0) is 13.4. The van der Waals surface area contributed by atoms with Crippen molar-refractivity contribution in [1.82, 2.24) is 10.2 Å². The summed E-state index contributed by atoms with van der Waals surface area (Å²) in [6.45, 7) is 8.65. The molecule has 2 aliphatic rings. The summed E-state index contributed by atoms with van der Waals surface area (Å²) in [6, 6.07) is 0. The van der Waals surface area contributed by atoms with Crippen LogP contribution < -0.4 is 5.32 Å². The molecule has 2 nitrogen and oxygen atoms in total. The van der Waals surface area contributed by atoms with Gasteiger partial charge in [-0.2, -0.15) is 0 Å². The van der Waals surface area contributed by atoms with Crippen LogP contribution >= 0.6 is 0 Å². The summed E-state index contributed by atoms with van der Waals surface area (Å²) in [6.07, 6.45) is 14.7. The fourth-order valence-electron chi connectivity index (χ4n) is 3.99. The molecule has 2 heteroatoms. The molecule has 0 aromatic carbocycles. The minimum Gasteiger partial charge on any atom is -0.317 e. The van der Waals surface area contributed by atoms with Crippen LogP contribution in [0.25, 0.3) is 0 Å². The number of unbranched alkanes of at least 4 members (excludes halogenated alkanes) is 3. The van der Waals surface area contributed by atoms with Crippen molar-refractivity contribution in [2.24, 2.45) is 5.41 Å². The number of rotatable bonds is 8. The fraction of sp³-hybridized carbons (Fsp3) is 1.00. The lowest BCUT2D eigenvalue weighted by Crippen LogP contribution is -2.39. The third-order valence-corrected chi connectivity index (χ3v) is 5.41. The van der Waals surface area contributed by atoms with E-state index in [9.17, 15) is 0 Å². The summed E-state index contributed by atoms with van der Waals surface area (Å²) in [5, 5.41) is 3.41. The lowest BCUT2D eigenvalue weighted by molar-refractivity contribution is 0.107. The number of hydrogen-bond acceptors (Lipinski definition) is 2. The van der Waals surface area contributed by atoms with Gasteiger partial charge < -0.3 is 10.2 Å². The Morgan fingerprint density at radius 2 is 1.58 bits per heavy atom. The highest BCUT2D eigenvalue weighted by Gasteiger charge is 2.36. The van der Waals surface area contributed by atoms with Gasteiger partial charge in [-0.05, 0) is 76.7 Å². The largest absolute Gasteiger partial charge is 0.317 e. The van der Waals surface area contributed by atoms with E-state index in [4.69, 9.17) is 0 Å². The molecule has 0 unspecified atom stereocenters. The highest BCUT2D eigenvalue weighted by Crippen LogP contribution is 2.46. The van der Waals surface area contributed by atoms with Crippen molar-refractivity contribution >= 4 is 0 Å². The molecular formula is C17H34N2. The van der Waals surface area contributed by atoms with Gasteiger partial charge in [-0.1, -0.05) is 32.6 Å². The Bertz CT molecular complexity index is 223. The van der Waals surface area contributed by atoms with Gasteiger partial charge >= 0.3 is 0 Å². The lowest BCUT2D eigenvalue weighted by atomic mass is 9.77. The quantitative estimate of drug-likeness (QED) is 0.672. The Hall–Kier alpha value is -0.0800. The molecule has 1 saturated heterocycles. The lowest BCUT2D eigenvalue weighted by Gasteiger charge is -2.39. The molecule has 0 radical (unpaired) electrons. The summed E-state index contributed by atoms with van der Waals surface area (Å²) in [5.41, 5.74) is 0.794. The van der Waals surface area contributed by atoms with Crippen LogP contribution in [-0.2, 0) is 0 Å². The number of hydrogen-bond donors (Lipinski definition) is 1. The van der Waals surface area contributed by atoms with E-state index < -0.39 is 0 Å². The van der Waals surface area contributed by atoms with Gasteiger partial charge in [-0.25, -0.2) is 0 Å². The molecule has 1 spiro atoms. The van der Waals surface area contributed by atoms with E-state index in [-0.39, 0.29) is 0 Å². The van der Waals surface area contributed by atoms with Crippen LogP contribution in [-0.4, -0.2) is 37.6 Å². The van der Waals surface area contributed by atoms with Crippen molar-refractivity contribution in [3.8, 4) is 0 Å². The average Bonchev–Trinajstić information content (AvgIpc) is 2.89.